The molecule has 2 saturated heterocycles. The smallest absolute Gasteiger partial charge is 0.193 e. The predicted octanol–water partition coefficient (Wildman–Crippen LogP) is 1.98. The molecular weight excluding hydrogens is 356 g/mol. The average molecular weight is 391 g/mol. The van der Waals surface area contributed by atoms with Gasteiger partial charge in [0.15, 0.2) is 5.96 Å². The molecule has 0 saturated carbocycles. The van der Waals surface area contributed by atoms with Crippen LogP contribution < -0.4 is 15.0 Å². The molecule has 156 valence electrons. The van der Waals surface area contributed by atoms with Crippen molar-refractivity contribution in [3.05, 3.63) is 24.3 Å². The lowest BCUT2D eigenvalue weighted by Gasteiger charge is -2.37. The van der Waals surface area contributed by atoms with Crippen LogP contribution >= 0.6 is 0 Å². The minimum atomic E-state index is 0.374. The van der Waals surface area contributed by atoms with Crippen molar-refractivity contribution in [2.24, 2.45) is 4.99 Å². The second-order valence-corrected chi connectivity index (χ2v) is 7.18. The van der Waals surface area contributed by atoms with Crippen LogP contribution in [0.5, 0.6) is 5.75 Å². The number of nitrogens with zero attached hydrogens (tertiary/aromatic N) is 3. The number of ether oxygens (including phenoxy) is 3. The monoisotopic (exact) mass is 390 g/mol. The molecule has 7 nitrogen and oxygen atoms in total. The van der Waals surface area contributed by atoms with Crippen molar-refractivity contribution in [1.29, 1.82) is 0 Å². The molecule has 0 spiro atoms. The first-order chi connectivity index (χ1) is 13.8. The van der Waals surface area contributed by atoms with Crippen molar-refractivity contribution in [3.63, 3.8) is 0 Å². The summed E-state index contributed by atoms with van der Waals surface area (Å²) in [6, 6.07) is 8.29. The van der Waals surface area contributed by atoms with Crippen molar-refractivity contribution in [3.8, 4) is 5.75 Å². The van der Waals surface area contributed by atoms with Crippen molar-refractivity contribution in [1.82, 2.24) is 10.2 Å². The molecule has 0 radical (unpaired) electrons. The highest BCUT2D eigenvalue weighted by Gasteiger charge is 2.20. The maximum atomic E-state index is 5.93. The first-order valence-corrected chi connectivity index (χ1v) is 10.3. The Hall–Kier alpha value is -1.99. The number of piperazine rings is 1. The fourth-order valence-corrected chi connectivity index (χ4v) is 3.67. The lowest BCUT2D eigenvalue weighted by atomic mass is 10.1. The van der Waals surface area contributed by atoms with Gasteiger partial charge in [0, 0.05) is 65.3 Å². The van der Waals surface area contributed by atoms with Crippen LogP contribution in [0.2, 0.25) is 0 Å². The summed E-state index contributed by atoms with van der Waals surface area (Å²) in [6.07, 6.45) is 3.41. The van der Waals surface area contributed by atoms with Crippen molar-refractivity contribution in [2.45, 2.75) is 25.4 Å². The Morgan fingerprint density at radius 2 is 1.86 bits per heavy atom. The van der Waals surface area contributed by atoms with Gasteiger partial charge in [0.25, 0.3) is 0 Å². The molecule has 2 fully saturated rings. The number of nitrogens with one attached hydrogen (secondary N) is 1. The van der Waals surface area contributed by atoms with Crippen LogP contribution in [0.15, 0.2) is 29.3 Å². The summed E-state index contributed by atoms with van der Waals surface area (Å²) in [5, 5.41) is 3.48. The van der Waals surface area contributed by atoms with E-state index in [4.69, 9.17) is 14.2 Å². The average Bonchev–Trinajstić information content (AvgIpc) is 2.77. The Morgan fingerprint density at radius 1 is 1.14 bits per heavy atom. The van der Waals surface area contributed by atoms with Gasteiger partial charge >= 0.3 is 0 Å². The highest BCUT2D eigenvalue weighted by atomic mass is 16.5. The number of guanidine groups is 1. The van der Waals surface area contributed by atoms with Gasteiger partial charge in [-0.1, -0.05) is 0 Å². The fourth-order valence-electron chi connectivity index (χ4n) is 3.67. The molecule has 2 heterocycles. The molecular formula is C21H34N4O3. The maximum Gasteiger partial charge on any atom is 0.193 e. The van der Waals surface area contributed by atoms with E-state index in [1.807, 2.05) is 19.2 Å². The first-order valence-electron chi connectivity index (χ1n) is 10.3. The minimum Gasteiger partial charge on any atom is -0.497 e. The van der Waals surface area contributed by atoms with E-state index in [-0.39, 0.29) is 0 Å². The first kappa shape index (κ1) is 20.7. The van der Waals surface area contributed by atoms with Crippen LogP contribution in [0.1, 0.15) is 19.3 Å². The van der Waals surface area contributed by atoms with E-state index >= 15 is 0 Å². The van der Waals surface area contributed by atoms with Crippen molar-refractivity contribution in [2.75, 3.05) is 71.6 Å². The van der Waals surface area contributed by atoms with Gasteiger partial charge in [0.1, 0.15) is 5.75 Å². The lowest BCUT2D eigenvalue weighted by molar-refractivity contribution is -0.0320. The Morgan fingerprint density at radius 3 is 2.50 bits per heavy atom. The summed E-state index contributed by atoms with van der Waals surface area (Å²) in [4.78, 5) is 9.20. The number of methoxy groups -OCH3 is 1. The normalized spacial score (nSPS) is 19.0. The molecule has 2 aliphatic heterocycles. The quantitative estimate of drug-likeness (QED) is 0.436. The molecule has 1 aromatic carbocycles. The number of benzene rings is 1. The van der Waals surface area contributed by atoms with Gasteiger partial charge in [-0.15, -0.1) is 0 Å². The number of anilines is 1. The van der Waals surface area contributed by atoms with Gasteiger partial charge < -0.3 is 29.3 Å². The predicted molar refractivity (Wildman–Crippen MR) is 113 cm³/mol. The molecule has 1 N–H and O–H groups in total. The Balaban J connectivity index is 1.35. The minimum absolute atomic E-state index is 0.374. The van der Waals surface area contributed by atoms with Gasteiger partial charge in [-0.2, -0.15) is 0 Å². The third-order valence-corrected chi connectivity index (χ3v) is 5.35. The van der Waals surface area contributed by atoms with E-state index in [2.05, 4.69) is 32.2 Å². The Kier molecular flexibility index (Phi) is 8.23. The summed E-state index contributed by atoms with van der Waals surface area (Å²) in [5.41, 5.74) is 1.24. The van der Waals surface area contributed by atoms with E-state index < -0.39 is 0 Å². The Labute approximate surface area is 168 Å². The number of hydrogen-bond donors (Lipinski definition) is 1. The molecule has 2 aliphatic rings. The maximum absolute atomic E-state index is 5.93. The number of rotatable bonds is 7. The van der Waals surface area contributed by atoms with Crippen LogP contribution in [0.3, 0.4) is 0 Å². The van der Waals surface area contributed by atoms with Crippen molar-refractivity contribution < 1.29 is 14.2 Å². The van der Waals surface area contributed by atoms with Crippen molar-refractivity contribution >= 4 is 11.6 Å². The SMILES string of the molecule is CN=C(NCCCOC1CCOCC1)N1CCN(c2ccc(OC)cc2)CC1. The molecule has 0 unspecified atom stereocenters. The highest BCUT2D eigenvalue weighted by molar-refractivity contribution is 5.80. The summed E-state index contributed by atoms with van der Waals surface area (Å²) >= 11 is 0. The molecule has 0 aromatic heterocycles. The molecule has 0 amide bonds. The van der Waals surface area contributed by atoms with Gasteiger partial charge in [0.2, 0.25) is 0 Å². The van der Waals surface area contributed by atoms with Gasteiger partial charge in [0.05, 0.1) is 13.2 Å². The molecule has 7 heteroatoms. The van der Waals surface area contributed by atoms with Gasteiger partial charge in [-0.25, -0.2) is 0 Å². The second-order valence-electron chi connectivity index (χ2n) is 7.18. The lowest BCUT2D eigenvalue weighted by Crippen LogP contribution is -2.52. The standard InChI is InChI=1S/C21H34N4O3/c1-22-21(23-10-3-15-28-20-8-16-27-17-9-20)25-13-11-24(12-14-25)18-4-6-19(26-2)7-5-18/h4-7,20H,3,8-17H2,1-2H3,(H,22,23). The Bertz CT molecular complexity index is 594. The largest absolute Gasteiger partial charge is 0.497 e. The molecule has 3 rings (SSSR count). The number of hydrogen-bond acceptors (Lipinski definition) is 5. The van der Waals surface area contributed by atoms with Crippen LogP contribution in [0.4, 0.5) is 5.69 Å². The fraction of sp³-hybridized carbons (Fsp3) is 0.667. The number of aliphatic imine (C=N–C) groups is 1. The third kappa shape index (κ3) is 6.01. The van der Waals surface area contributed by atoms with E-state index in [1.165, 1.54) is 5.69 Å². The summed E-state index contributed by atoms with van der Waals surface area (Å²) in [5.74, 6) is 1.88. The van der Waals surface area contributed by atoms with E-state index in [1.54, 1.807) is 7.11 Å². The summed E-state index contributed by atoms with van der Waals surface area (Å²) in [6.45, 7) is 7.24. The zero-order valence-electron chi connectivity index (χ0n) is 17.2. The topological polar surface area (TPSA) is 58.6 Å². The van der Waals surface area contributed by atoms with Crippen LogP contribution in [-0.4, -0.2) is 83.7 Å². The molecule has 0 aliphatic carbocycles. The van der Waals surface area contributed by atoms with E-state index in [0.717, 1.165) is 83.5 Å². The summed E-state index contributed by atoms with van der Waals surface area (Å²) in [7, 11) is 3.56. The van der Waals surface area contributed by atoms with E-state index in [0.29, 0.717) is 6.10 Å². The molecule has 28 heavy (non-hydrogen) atoms. The summed E-state index contributed by atoms with van der Waals surface area (Å²) < 4.78 is 16.5. The van der Waals surface area contributed by atoms with E-state index in [9.17, 15) is 0 Å². The zero-order chi connectivity index (χ0) is 19.6. The van der Waals surface area contributed by atoms with Crippen LogP contribution in [0, 0.1) is 0 Å². The van der Waals surface area contributed by atoms with Gasteiger partial charge in [-0.3, -0.25) is 4.99 Å². The second kappa shape index (κ2) is 11.1. The molecule has 0 bridgehead atoms. The van der Waals surface area contributed by atoms with Crippen LogP contribution in [0.25, 0.3) is 0 Å². The third-order valence-electron chi connectivity index (χ3n) is 5.35. The highest BCUT2D eigenvalue weighted by Crippen LogP contribution is 2.20. The molecule has 0 atom stereocenters. The van der Waals surface area contributed by atoms with Gasteiger partial charge in [-0.05, 0) is 43.5 Å². The van der Waals surface area contributed by atoms with Crippen LogP contribution in [-0.2, 0) is 9.47 Å². The molecule has 1 aromatic rings. The zero-order valence-corrected chi connectivity index (χ0v) is 17.2.